The molecule has 1 heterocycles. The Hall–Kier alpha value is -0.680. The van der Waals surface area contributed by atoms with Gasteiger partial charge in [-0.05, 0) is 29.8 Å². The van der Waals surface area contributed by atoms with Crippen LogP contribution in [0.15, 0.2) is 40.9 Å². The van der Waals surface area contributed by atoms with Crippen molar-refractivity contribution in [2.24, 2.45) is 0 Å². The van der Waals surface area contributed by atoms with E-state index in [-0.39, 0.29) is 0 Å². The zero-order chi connectivity index (χ0) is 14.4. The zero-order valence-electron chi connectivity index (χ0n) is 11.9. The normalized spacial score (nSPS) is 11.2. The van der Waals surface area contributed by atoms with Crippen molar-refractivity contribution < 1.29 is 4.74 Å². The molecule has 0 spiro atoms. The number of hydrogen-bond acceptors (Lipinski definition) is 3. The summed E-state index contributed by atoms with van der Waals surface area (Å²) in [6.45, 7) is 6.61. The van der Waals surface area contributed by atoms with Gasteiger partial charge in [0, 0.05) is 26.8 Å². The van der Waals surface area contributed by atoms with Crippen molar-refractivity contribution in [3.8, 4) is 0 Å². The summed E-state index contributed by atoms with van der Waals surface area (Å²) >= 11 is 5.25. The maximum absolute atomic E-state index is 5.76. The van der Waals surface area contributed by atoms with E-state index in [9.17, 15) is 0 Å². The van der Waals surface area contributed by atoms with Crippen LogP contribution in [0.5, 0.6) is 0 Å². The Morgan fingerprint density at radius 2 is 1.75 bits per heavy atom. The molecule has 0 aliphatic heterocycles. The van der Waals surface area contributed by atoms with E-state index < -0.39 is 0 Å². The second-order valence-corrected chi connectivity index (χ2v) is 7.19. The van der Waals surface area contributed by atoms with Gasteiger partial charge >= 0.3 is 0 Å². The highest BCUT2D eigenvalue weighted by Crippen LogP contribution is 2.18. The van der Waals surface area contributed by atoms with E-state index in [2.05, 4.69) is 59.4 Å². The van der Waals surface area contributed by atoms with E-state index in [1.165, 1.54) is 15.3 Å². The molecule has 0 fully saturated rings. The van der Waals surface area contributed by atoms with Crippen LogP contribution in [0.25, 0.3) is 0 Å². The second kappa shape index (κ2) is 7.93. The number of hydrogen-bond donors (Lipinski definition) is 1. The molecular formula is C16H20BrNOS. The Morgan fingerprint density at radius 3 is 2.45 bits per heavy atom. The highest BCUT2D eigenvalue weighted by Gasteiger charge is 2.02. The molecule has 4 heteroatoms. The van der Waals surface area contributed by atoms with Crippen LogP contribution >= 0.6 is 27.3 Å². The molecule has 108 valence electrons. The van der Waals surface area contributed by atoms with Crippen molar-refractivity contribution in [1.82, 2.24) is 5.32 Å². The molecule has 2 aromatic rings. The van der Waals surface area contributed by atoms with Crippen molar-refractivity contribution >= 4 is 27.3 Å². The Bertz CT molecular complexity index is 522. The fourth-order valence-corrected chi connectivity index (χ4v) is 2.92. The SMILES string of the molecule is CC(C)NCc1ccc(COCc2ccc(Br)cc2)s1. The van der Waals surface area contributed by atoms with Crippen molar-refractivity contribution in [2.75, 3.05) is 0 Å². The predicted molar refractivity (Wildman–Crippen MR) is 88.9 cm³/mol. The summed E-state index contributed by atoms with van der Waals surface area (Å²) in [6, 6.07) is 13.1. The van der Waals surface area contributed by atoms with Crippen molar-refractivity contribution in [3.05, 3.63) is 56.2 Å². The van der Waals surface area contributed by atoms with Crippen LogP contribution in [-0.4, -0.2) is 6.04 Å². The van der Waals surface area contributed by atoms with Gasteiger partial charge in [0.2, 0.25) is 0 Å². The molecule has 1 aromatic heterocycles. The molecule has 1 aromatic carbocycles. The first-order valence-electron chi connectivity index (χ1n) is 6.76. The Balaban J connectivity index is 1.75. The predicted octanol–water partition coefficient (Wildman–Crippen LogP) is 4.73. The molecule has 0 unspecified atom stereocenters. The lowest BCUT2D eigenvalue weighted by molar-refractivity contribution is 0.109. The summed E-state index contributed by atoms with van der Waals surface area (Å²) in [5.41, 5.74) is 1.20. The highest BCUT2D eigenvalue weighted by atomic mass is 79.9. The smallest absolute Gasteiger partial charge is 0.0814 e. The largest absolute Gasteiger partial charge is 0.371 e. The Kier molecular flexibility index (Phi) is 6.23. The highest BCUT2D eigenvalue weighted by molar-refractivity contribution is 9.10. The minimum absolute atomic E-state index is 0.522. The first-order valence-corrected chi connectivity index (χ1v) is 8.37. The topological polar surface area (TPSA) is 21.3 Å². The fraction of sp³-hybridized carbons (Fsp3) is 0.375. The van der Waals surface area contributed by atoms with Crippen LogP contribution in [0.2, 0.25) is 0 Å². The summed E-state index contributed by atoms with van der Waals surface area (Å²) in [5, 5.41) is 3.43. The lowest BCUT2D eigenvalue weighted by Crippen LogP contribution is -2.21. The average molecular weight is 354 g/mol. The van der Waals surface area contributed by atoms with Gasteiger partial charge in [-0.3, -0.25) is 0 Å². The van der Waals surface area contributed by atoms with Gasteiger partial charge in [-0.15, -0.1) is 11.3 Å². The molecule has 1 N–H and O–H groups in total. The standard InChI is InChI=1S/C16H20BrNOS/c1-12(2)18-9-15-7-8-16(20-15)11-19-10-13-3-5-14(17)6-4-13/h3-8,12,18H,9-11H2,1-2H3. The van der Waals surface area contributed by atoms with E-state index in [1.54, 1.807) is 0 Å². The molecule has 0 saturated heterocycles. The first kappa shape index (κ1) is 15.7. The molecule has 20 heavy (non-hydrogen) atoms. The van der Waals surface area contributed by atoms with Crippen LogP contribution in [0.4, 0.5) is 0 Å². The summed E-state index contributed by atoms with van der Waals surface area (Å²) in [6.07, 6.45) is 0. The van der Waals surface area contributed by atoms with E-state index in [0.717, 1.165) is 11.0 Å². The summed E-state index contributed by atoms with van der Waals surface area (Å²) in [7, 11) is 0. The number of rotatable bonds is 7. The number of nitrogens with one attached hydrogen (secondary N) is 1. The quantitative estimate of drug-likeness (QED) is 0.776. The van der Waals surface area contributed by atoms with Crippen LogP contribution in [-0.2, 0) is 24.5 Å². The van der Waals surface area contributed by atoms with Crippen LogP contribution < -0.4 is 5.32 Å². The maximum atomic E-state index is 5.76. The molecule has 0 aliphatic carbocycles. The van der Waals surface area contributed by atoms with Gasteiger partial charge in [0.15, 0.2) is 0 Å². The van der Waals surface area contributed by atoms with Crippen molar-refractivity contribution in [3.63, 3.8) is 0 Å². The second-order valence-electron chi connectivity index (χ2n) is 5.02. The number of benzene rings is 1. The molecule has 2 nitrogen and oxygen atoms in total. The van der Waals surface area contributed by atoms with Gasteiger partial charge in [0.1, 0.15) is 0 Å². The molecule has 0 radical (unpaired) electrons. The van der Waals surface area contributed by atoms with E-state index in [0.29, 0.717) is 19.3 Å². The Labute approximate surface area is 133 Å². The lowest BCUT2D eigenvalue weighted by Gasteiger charge is -2.05. The van der Waals surface area contributed by atoms with Gasteiger partial charge in [0.05, 0.1) is 13.2 Å². The monoisotopic (exact) mass is 353 g/mol. The molecule has 0 bridgehead atoms. The maximum Gasteiger partial charge on any atom is 0.0814 e. The molecule has 0 amide bonds. The van der Waals surface area contributed by atoms with Gasteiger partial charge < -0.3 is 10.1 Å². The fourth-order valence-electron chi connectivity index (χ4n) is 1.75. The molecule has 0 aliphatic rings. The number of thiophene rings is 1. The van der Waals surface area contributed by atoms with Crippen molar-refractivity contribution in [2.45, 2.75) is 39.6 Å². The van der Waals surface area contributed by atoms with E-state index in [1.807, 2.05) is 23.5 Å². The van der Waals surface area contributed by atoms with E-state index >= 15 is 0 Å². The number of halogens is 1. The minimum atomic E-state index is 0.522. The third-order valence-electron chi connectivity index (χ3n) is 2.83. The lowest BCUT2D eigenvalue weighted by atomic mass is 10.2. The summed E-state index contributed by atoms with van der Waals surface area (Å²) in [5.74, 6) is 0. The average Bonchev–Trinajstić information content (AvgIpc) is 2.87. The van der Waals surface area contributed by atoms with Gasteiger partial charge in [0.25, 0.3) is 0 Å². The minimum Gasteiger partial charge on any atom is -0.371 e. The van der Waals surface area contributed by atoms with Gasteiger partial charge in [-0.1, -0.05) is 41.9 Å². The number of ether oxygens (including phenoxy) is 1. The summed E-state index contributed by atoms with van der Waals surface area (Å²) in [4.78, 5) is 2.64. The summed E-state index contributed by atoms with van der Waals surface area (Å²) < 4.78 is 6.86. The third kappa shape index (κ3) is 5.37. The van der Waals surface area contributed by atoms with Crippen molar-refractivity contribution in [1.29, 1.82) is 0 Å². The van der Waals surface area contributed by atoms with Crippen LogP contribution in [0.1, 0.15) is 29.2 Å². The van der Waals surface area contributed by atoms with Crippen LogP contribution in [0.3, 0.4) is 0 Å². The van der Waals surface area contributed by atoms with Crippen LogP contribution in [0, 0.1) is 0 Å². The first-order chi connectivity index (χ1) is 9.63. The molecule has 0 saturated carbocycles. The zero-order valence-corrected chi connectivity index (χ0v) is 14.3. The Morgan fingerprint density at radius 1 is 1.05 bits per heavy atom. The molecular weight excluding hydrogens is 334 g/mol. The van der Waals surface area contributed by atoms with E-state index in [4.69, 9.17) is 4.74 Å². The van der Waals surface area contributed by atoms with Gasteiger partial charge in [-0.2, -0.15) is 0 Å². The van der Waals surface area contributed by atoms with Gasteiger partial charge in [-0.25, -0.2) is 0 Å². The third-order valence-corrected chi connectivity index (χ3v) is 4.42. The molecule has 2 rings (SSSR count). The molecule has 0 atom stereocenters.